The lowest BCUT2D eigenvalue weighted by Crippen LogP contribution is -2.32. The van der Waals surface area contributed by atoms with E-state index in [1.807, 2.05) is 63.2 Å². The number of fused-ring (bicyclic) bond motifs is 1. The van der Waals surface area contributed by atoms with Gasteiger partial charge in [0.1, 0.15) is 23.7 Å². The summed E-state index contributed by atoms with van der Waals surface area (Å²) in [5, 5.41) is 2.78. The van der Waals surface area contributed by atoms with Crippen LogP contribution in [0.1, 0.15) is 26.3 Å². The number of para-hydroxylation sites is 1. The van der Waals surface area contributed by atoms with Gasteiger partial charge in [-0.3, -0.25) is 4.79 Å². The lowest BCUT2D eigenvalue weighted by molar-refractivity contribution is -0.123. The number of rotatable bonds is 9. The van der Waals surface area contributed by atoms with E-state index in [1.54, 1.807) is 0 Å². The number of hydrogen-bond acceptors (Lipinski definition) is 5. The van der Waals surface area contributed by atoms with Crippen molar-refractivity contribution < 1.29 is 23.7 Å². The number of carbonyl (C=O) groups is 1. The average molecular weight is 385 g/mol. The first kappa shape index (κ1) is 19.9. The molecule has 0 aromatic heterocycles. The van der Waals surface area contributed by atoms with E-state index in [0.717, 1.165) is 29.2 Å². The minimum Gasteiger partial charge on any atom is -0.494 e. The Kier molecular flexibility index (Phi) is 6.29. The van der Waals surface area contributed by atoms with Gasteiger partial charge in [0, 0.05) is 12.0 Å². The highest BCUT2D eigenvalue weighted by molar-refractivity contribution is 5.77. The zero-order valence-corrected chi connectivity index (χ0v) is 16.6. The first-order chi connectivity index (χ1) is 13.5. The molecular formula is C22H27NO5. The molecule has 0 atom stereocenters. The van der Waals surface area contributed by atoms with Crippen molar-refractivity contribution >= 4 is 5.91 Å². The van der Waals surface area contributed by atoms with Crippen LogP contribution in [0, 0.1) is 0 Å². The highest BCUT2D eigenvalue weighted by Gasteiger charge is 2.32. The molecule has 1 amide bonds. The monoisotopic (exact) mass is 385 g/mol. The number of nitrogens with one attached hydrogen (secondary N) is 1. The predicted molar refractivity (Wildman–Crippen MR) is 106 cm³/mol. The summed E-state index contributed by atoms with van der Waals surface area (Å²) < 4.78 is 22.6. The van der Waals surface area contributed by atoms with Crippen molar-refractivity contribution in [2.45, 2.75) is 32.8 Å². The van der Waals surface area contributed by atoms with Crippen molar-refractivity contribution in [3.8, 4) is 23.0 Å². The first-order valence-electron chi connectivity index (χ1n) is 9.53. The summed E-state index contributed by atoms with van der Waals surface area (Å²) in [5.74, 6) is 2.67. The van der Waals surface area contributed by atoms with E-state index < -0.39 is 0 Å². The molecule has 0 saturated carbocycles. The molecule has 6 nitrogen and oxygen atoms in total. The first-order valence-corrected chi connectivity index (χ1v) is 9.53. The van der Waals surface area contributed by atoms with Gasteiger partial charge in [-0.25, -0.2) is 0 Å². The fraction of sp³-hybridized carbons (Fsp3) is 0.409. The third-order valence-corrected chi connectivity index (χ3v) is 4.24. The molecule has 1 N–H and O–H groups in total. The van der Waals surface area contributed by atoms with Gasteiger partial charge >= 0.3 is 0 Å². The van der Waals surface area contributed by atoms with Gasteiger partial charge in [0.2, 0.25) is 0 Å². The third-order valence-electron chi connectivity index (χ3n) is 4.24. The molecule has 0 aliphatic carbocycles. The van der Waals surface area contributed by atoms with Crippen molar-refractivity contribution in [2.24, 2.45) is 0 Å². The molecule has 0 fully saturated rings. The molecule has 0 unspecified atom stereocenters. The summed E-state index contributed by atoms with van der Waals surface area (Å²) in [6.07, 6.45) is 0.828. The molecule has 2 aromatic carbocycles. The Bertz CT molecular complexity index is 801. The lowest BCUT2D eigenvalue weighted by atomic mass is 10.0. The number of hydrogen-bond donors (Lipinski definition) is 1. The molecule has 1 heterocycles. The maximum atomic E-state index is 12.0. The van der Waals surface area contributed by atoms with Crippen LogP contribution in [-0.2, 0) is 11.2 Å². The van der Waals surface area contributed by atoms with Crippen LogP contribution >= 0.6 is 0 Å². The van der Waals surface area contributed by atoms with Crippen LogP contribution in [0.5, 0.6) is 23.0 Å². The van der Waals surface area contributed by atoms with E-state index in [9.17, 15) is 4.79 Å². The molecule has 3 rings (SSSR count). The molecule has 28 heavy (non-hydrogen) atoms. The molecule has 0 spiro atoms. The fourth-order valence-electron chi connectivity index (χ4n) is 3.05. The number of ether oxygens (including phenoxy) is 4. The second kappa shape index (κ2) is 8.87. The van der Waals surface area contributed by atoms with Crippen LogP contribution < -0.4 is 24.3 Å². The van der Waals surface area contributed by atoms with Crippen LogP contribution in [0.2, 0.25) is 0 Å². The van der Waals surface area contributed by atoms with Crippen molar-refractivity contribution in [1.29, 1.82) is 0 Å². The number of amides is 1. The van der Waals surface area contributed by atoms with Crippen LogP contribution in [-0.4, -0.2) is 37.9 Å². The van der Waals surface area contributed by atoms with E-state index in [0.29, 0.717) is 25.5 Å². The van der Waals surface area contributed by atoms with Gasteiger partial charge in [-0.15, -0.1) is 0 Å². The largest absolute Gasteiger partial charge is 0.494 e. The van der Waals surface area contributed by atoms with Gasteiger partial charge < -0.3 is 24.3 Å². The maximum absolute atomic E-state index is 12.0. The minimum atomic E-state index is -0.248. The predicted octanol–water partition coefficient (Wildman–Crippen LogP) is 3.37. The third kappa shape index (κ3) is 5.31. The molecule has 1 aliphatic heterocycles. The van der Waals surface area contributed by atoms with Crippen LogP contribution in [0.3, 0.4) is 0 Å². The molecule has 0 saturated heterocycles. The van der Waals surface area contributed by atoms with Crippen molar-refractivity contribution in [2.75, 3.05) is 26.4 Å². The highest BCUT2D eigenvalue weighted by Crippen LogP contribution is 2.41. The van der Waals surface area contributed by atoms with E-state index in [4.69, 9.17) is 18.9 Å². The van der Waals surface area contributed by atoms with E-state index in [2.05, 4.69) is 5.32 Å². The van der Waals surface area contributed by atoms with Crippen LogP contribution in [0.15, 0.2) is 42.5 Å². The lowest BCUT2D eigenvalue weighted by Gasteiger charge is -2.18. The van der Waals surface area contributed by atoms with Crippen LogP contribution in [0.25, 0.3) is 0 Å². The highest BCUT2D eigenvalue weighted by atomic mass is 16.5. The van der Waals surface area contributed by atoms with E-state index in [1.165, 1.54) is 0 Å². The summed E-state index contributed by atoms with van der Waals surface area (Å²) in [6.45, 7) is 7.34. The zero-order valence-electron chi connectivity index (χ0n) is 16.6. The average Bonchev–Trinajstić information content (AvgIpc) is 2.99. The van der Waals surface area contributed by atoms with Crippen molar-refractivity contribution in [1.82, 2.24) is 5.32 Å². The summed E-state index contributed by atoms with van der Waals surface area (Å²) in [5.41, 5.74) is 0.856. The van der Waals surface area contributed by atoms with Gasteiger partial charge in [-0.2, -0.15) is 0 Å². The molecule has 6 heteroatoms. The molecule has 2 aromatic rings. The van der Waals surface area contributed by atoms with Crippen LogP contribution in [0.4, 0.5) is 0 Å². The quantitative estimate of drug-likeness (QED) is 0.671. The van der Waals surface area contributed by atoms with Gasteiger partial charge in [0.05, 0.1) is 13.2 Å². The number of carbonyl (C=O) groups excluding carboxylic acids is 1. The Balaban J connectivity index is 1.38. The van der Waals surface area contributed by atoms with Gasteiger partial charge in [-0.05, 0) is 51.1 Å². The summed E-state index contributed by atoms with van der Waals surface area (Å²) in [7, 11) is 0. The van der Waals surface area contributed by atoms with E-state index >= 15 is 0 Å². The van der Waals surface area contributed by atoms with Gasteiger partial charge in [0.15, 0.2) is 18.1 Å². The second-order valence-electron chi connectivity index (χ2n) is 7.17. The normalized spacial score (nSPS) is 14.0. The van der Waals surface area contributed by atoms with E-state index in [-0.39, 0.29) is 18.1 Å². The number of benzene rings is 2. The Morgan fingerprint density at radius 1 is 1.07 bits per heavy atom. The SMILES string of the molecule is CCOc1ccc(OCCNC(=O)COc2cccc3c2OC(C)(C)C3)cc1. The molecular weight excluding hydrogens is 358 g/mol. The molecule has 1 aliphatic rings. The smallest absolute Gasteiger partial charge is 0.258 e. The second-order valence-corrected chi connectivity index (χ2v) is 7.17. The summed E-state index contributed by atoms with van der Waals surface area (Å²) in [6, 6.07) is 13.2. The van der Waals surface area contributed by atoms with Gasteiger partial charge in [-0.1, -0.05) is 12.1 Å². The Morgan fingerprint density at radius 2 is 1.79 bits per heavy atom. The Labute approximate surface area is 165 Å². The molecule has 150 valence electrons. The summed E-state index contributed by atoms with van der Waals surface area (Å²) in [4.78, 5) is 12.0. The summed E-state index contributed by atoms with van der Waals surface area (Å²) >= 11 is 0. The molecule has 0 bridgehead atoms. The maximum Gasteiger partial charge on any atom is 0.258 e. The minimum absolute atomic E-state index is 0.0662. The Hall–Kier alpha value is -2.89. The van der Waals surface area contributed by atoms with Gasteiger partial charge in [0.25, 0.3) is 5.91 Å². The van der Waals surface area contributed by atoms with Crippen molar-refractivity contribution in [3.05, 3.63) is 48.0 Å². The zero-order chi connectivity index (χ0) is 20.0. The topological polar surface area (TPSA) is 66.0 Å². The standard InChI is InChI=1S/C22H27NO5/c1-4-25-17-8-10-18(11-9-17)26-13-12-23-20(24)15-27-19-7-5-6-16-14-22(2,3)28-21(16)19/h5-11H,4,12-15H2,1-3H3,(H,23,24). The fourth-order valence-corrected chi connectivity index (χ4v) is 3.05. The van der Waals surface area contributed by atoms with Crippen molar-refractivity contribution in [3.63, 3.8) is 0 Å². The Morgan fingerprint density at radius 3 is 2.50 bits per heavy atom. The molecule has 0 radical (unpaired) electrons.